The van der Waals surface area contributed by atoms with Crippen molar-refractivity contribution in [2.45, 2.75) is 66.1 Å². The summed E-state index contributed by atoms with van der Waals surface area (Å²) in [5.74, 6) is -0.407. The highest BCUT2D eigenvalue weighted by molar-refractivity contribution is 5.92. The second kappa shape index (κ2) is 5.55. The maximum atomic E-state index is 11.4. The zero-order chi connectivity index (χ0) is 15.7. The van der Waals surface area contributed by atoms with Gasteiger partial charge in [0.15, 0.2) is 5.78 Å². The van der Waals surface area contributed by atoms with Crippen molar-refractivity contribution in [3.8, 4) is 0 Å². The summed E-state index contributed by atoms with van der Waals surface area (Å²) < 4.78 is 5.25. The first kappa shape index (κ1) is 16.7. The fourth-order valence-electron chi connectivity index (χ4n) is 2.92. The highest BCUT2D eigenvalue weighted by Crippen LogP contribution is 2.46. The first-order valence-electron chi connectivity index (χ1n) is 6.85. The van der Waals surface area contributed by atoms with Crippen LogP contribution in [0.15, 0.2) is 16.9 Å². The van der Waals surface area contributed by atoms with E-state index in [0.29, 0.717) is 24.0 Å². The van der Waals surface area contributed by atoms with Gasteiger partial charge in [-0.1, -0.05) is 13.8 Å². The molecule has 1 saturated carbocycles. The van der Waals surface area contributed by atoms with Gasteiger partial charge in [-0.25, -0.2) is 0 Å². The van der Waals surface area contributed by atoms with Crippen molar-refractivity contribution in [2.24, 2.45) is 5.41 Å². The molecule has 0 unspecified atom stereocenters. The summed E-state index contributed by atoms with van der Waals surface area (Å²) in [5.41, 5.74) is 2.73. The van der Waals surface area contributed by atoms with Crippen LogP contribution in [0.25, 0.3) is 0 Å². The van der Waals surface area contributed by atoms with E-state index in [1.54, 1.807) is 13.8 Å². The van der Waals surface area contributed by atoms with Crippen LogP contribution in [0.3, 0.4) is 0 Å². The van der Waals surface area contributed by atoms with E-state index in [9.17, 15) is 14.7 Å². The van der Waals surface area contributed by atoms with Crippen molar-refractivity contribution in [1.29, 1.82) is 0 Å². The summed E-state index contributed by atoms with van der Waals surface area (Å²) in [7, 11) is 0. The van der Waals surface area contributed by atoms with E-state index in [4.69, 9.17) is 4.74 Å². The fraction of sp³-hybridized carbons (Fsp3) is 0.688. The Labute approximate surface area is 120 Å². The molecule has 0 amide bonds. The van der Waals surface area contributed by atoms with E-state index in [1.807, 2.05) is 13.8 Å². The Kier molecular flexibility index (Phi) is 4.62. The van der Waals surface area contributed by atoms with Gasteiger partial charge in [-0.05, 0) is 32.6 Å². The number of carbonyl (C=O) groups is 2. The molecule has 0 aromatic heterocycles. The number of esters is 1. The Morgan fingerprint density at radius 3 is 2.15 bits per heavy atom. The monoisotopic (exact) mass is 280 g/mol. The summed E-state index contributed by atoms with van der Waals surface area (Å²) in [5, 5.41) is 10.7. The van der Waals surface area contributed by atoms with Gasteiger partial charge in [0, 0.05) is 24.5 Å². The predicted molar refractivity (Wildman–Crippen MR) is 76.1 cm³/mol. The molecule has 2 atom stereocenters. The summed E-state index contributed by atoms with van der Waals surface area (Å²) >= 11 is 0. The molecule has 112 valence electrons. The third-order valence-electron chi connectivity index (χ3n) is 3.75. The minimum Gasteiger partial charge on any atom is -0.462 e. The molecular formula is C16H24O4. The van der Waals surface area contributed by atoms with Crippen molar-refractivity contribution < 1.29 is 19.4 Å². The van der Waals surface area contributed by atoms with Crippen LogP contribution in [-0.4, -0.2) is 28.6 Å². The summed E-state index contributed by atoms with van der Waals surface area (Å²) in [6.45, 7) is 10.2. The third-order valence-corrected chi connectivity index (χ3v) is 3.75. The molecule has 4 heteroatoms. The molecule has 0 bridgehead atoms. The number of Topliss-reactive ketones (excluding diaryl/α,β-unsaturated/α-hetero) is 1. The number of hydrogen-bond acceptors (Lipinski definition) is 4. The number of aliphatic hydroxyl groups is 1. The lowest BCUT2D eigenvalue weighted by Crippen LogP contribution is -2.46. The van der Waals surface area contributed by atoms with Crippen LogP contribution in [0.1, 0.15) is 54.4 Å². The van der Waals surface area contributed by atoms with Gasteiger partial charge in [0.25, 0.3) is 0 Å². The maximum absolute atomic E-state index is 11.4. The van der Waals surface area contributed by atoms with Crippen LogP contribution < -0.4 is 0 Å². The van der Waals surface area contributed by atoms with Gasteiger partial charge < -0.3 is 9.84 Å². The minimum atomic E-state index is -1.14. The molecule has 0 aromatic carbocycles. The van der Waals surface area contributed by atoms with Gasteiger partial charge in [-0.2, -0.15) is 0 Å². The lowest BCUT2D eigenvalue weighted by molar-refractivity contribution is -0.152. The van der Waals surface area contributed by atoms with Crippen molar-refractivity contribution in [1.82, 2.24) is 0 Å². The van der Waals surface area contributed by atoms with E-state index < -0.39 is 11.0 Å². The lowest BCUT2D eigenvalue weighted by Gasteiger charge is -2.44. The first-order valence-corrected chi connectivity index (χ1v) is 6.85. The van der Waals surface area contributed by atoms with Gasteiger partial charge in [0.05, 0.1) is 5.60 Å². The molecular weight excluding hydrogens is 256 g/mol. The molecule has 0 aliphatic heterocycles. The zero-order valence-electron chi connectivity index (χ0n) is 13.2. The third kappa shape index (κ3) is 3.81. The number of ketones is 1. The predicted octanol–water partition coefficient (Wildman–Crippen LogP) is 2.55. The van der Waals surface area contributed by atoms with Crippen LogP contribution >= 0.6 is 0 Å². The van der Waals surface area contributed by atoms with Crippen LogP contribution in [-0.2, 0) is 14.3 Å². The molecule has 0 aromatic rings. The molecule has 1 aliphatic carbocycles. The summed E-state index contributed by atoms with van der Waals surface area (Å²) in [6, 6.07) is 0. The van der Waals surface area contributed by atoms with Crippen LogP contribution in [0, 0.1) is 5.41 Å². The molecule has 4 nitrogen and oxygen atoms in total. The highest BCUT2D eigenvalue weighted by Gasteiger charge is 2.46. The Morgan fingerprint density at radius 1 is 1.20 bits per heavy atom. The second-order valence-corrected chi connectivity index (χ2v) is 6.48. The van der Waals surface area contributed by atoms with Gasteiger partial charge in [-0.15, -0.1) is 5.73 Å². The molecule has 0 saturated heterocycles. The molecule has 1 N–H and O–H groups in total. The largest absolute Gasteiger partial charge is 0.462 e. The number of rotatable bonds is 2. The number of carbonyl (C=O) groups excluding carboxylic acids is 2. The Morgan fingerprint density at radius 2 is 1.75 bits per heavy atom. The van der Waals surface area contributed by atoms with E-state index in [0.717, 1.165) is 0 Å². The molecule has 0 spiro atoms. The van der Waals surface area contributed by atoms with Gasteiger partial charge in [0.1, 0.15) is 6.10 Å². The molecule has 1 aliphatic rings. The quantitative estimate of drug-likeness (QED) is 0.479. The van der Waals surface area contributed by atoms with Crippen molar-refractivity contribution in [3.05, 3.63) is 16.9 Å². The maximum Gasteiger partial charge on any atom is 0.302 e. The van der Waals surface area contributed by atoms with Crippen molar-refractivity contribution in [2.75, 3.05) is 0 Å². The summed E-state index contributed by atoms with van der Waals surface area (Å²) in [4.78, 5) is 22.5. The number of ether oxygens (including phenoxy) is 1. The normalized spacial score (nSPS) is 28.6. The van der Waals surface area contributed by atoms with E-state index in [1.165, 1.54) is 13.8 Å². The lowest BCUT2D eigenvalue weighted by atomic mass is 9.65. The Hall–Kier alpha value is -1.38. The molecule has 0 heterocycles. The SMILES string of the molecule is CC(=O)O[C@H]1CC(C)(C)C(=C=C(C)C(C)=O)[C@](C)(O)C1. The van der Waals surface area contributed by atoms with Crippen molar-refractivity contribution in [3.63, 3.8) is 0 Å². The average Bonchev–Trinajstić information content (AvgIpc) is 2.20. The molecule has 0 radical (unpaired) electrons. The van der Waals surface area contributed by atoms with Crippen LogP contribution in [0.2, 0.25) is 0 Å². The highest BCUT2D eigenvalue weighted by atomic mass is 16.5. The standard InChI is InChI=1S/C16H24O4/c1-10(11(2)17)7-14-15(4,5)8-13(20-12(3)18)9-16(14,6)19/h13,19H,8-9H2,1-6H3/t7?,13-,16+/m0/s1. The van der Waals surface area contributed by atoms with E-state index in [-0.39, 0.29) is 17.9 Å². The topological polar surface area (TPSA) is 63.6 Å². The Bertz CT molecular complexity index is 471. The molecule has 1 rings (SSSR count). The first-order chi connectivity index (χ1) is 8.95. The zero-order valence-corrected chi connectivity index (χ0v) is 13.2. The van der Waals surface area contributed by atoms with Gasteiger partial charge in [-0.3, -0.25) is 9.59 Å². The smallest absolute Gasteiger partial charge is 0.302 e. The van der Waals surface area contributed by atoms with Crippen LogP contribution in [0.5, 0.6) is 0 Å². The van der Waals surface area contributed by atoms with E-state index >= 15 is 0 Å². The molecule has 20 heavy (non-hydrogen) atoms. The number of hydrogen-bond donors (Lipinski definition) is 1. The minimum absolute atomic E-state index is 0.0637. The van der Waals surface area contributed by atoms with Crippen LogP contribution in [0.4, 0.5) is 0 Å². The van der Waals surface area contributed by atoms with E-state index in [2.05, 4.69) is 5.73 Å². The second-order valence-electron chi connectivity index (χ2n) is 6.48. The average molecular weight is 280 g/mol. The van der Waals surface area contributed by atoms with Crippen molar-refractivity contribution >= 4 is 11.8 Å². The fourth-order valence-corrected chi connectivity index (χ4v) is 2.92. The summed E-state index contributed by atoms with van der Waals surface area (Å²) in [6.07, 6.45) is 0.612. The molecule has 1 fully saturated rings. The Balaban J connectivity index is 3.26. The van der Waals surface area contributed by atoms with Gasteiger partial charge >= 0.3 is 5.97 Å². The van der Waals surface area contributed by atoms with Gasteiger partial charge in [0.2, 0.25) is 0 Å².